The van der Waals surface area contributed by atoms with Crippen molar-refractivity contribution >= 4 is 23.5 Å². The van der Waals surface area contributed by atoms with E-state index in [1.165, 1.54) is 11.8 Å². The van der Waals surface area contributed by atoms with Gasteiger partial charge in [0.15, 0.2) is 5.78 Å². The highest BCUT2D eigenvalue weighted by molar-refractivity contribution is 7.98. The maximum atomic E-state index is 13.2. The second kappa shape index (κ2) is 6.71. The van der Waals surface area contributed by atoms with Gasteiger partial charge in [0.25, 0.3) is 0 Å². The van der Waals surface area contributed by atoms with Gasteiger partial charge in [-0.2, -0.15) is 4.98 Å². The van der Waals surface area contributed by atoms with E-state index >= 15 is 0 Å². The number of thioether (sulfide) groups is 1. The topological polar surface area (TPSA) is 69.0 Å². The number of carbonyl (C=O) groups excluding carboxylic acids is 1. The summed E-state index contributed by atoms with van der Waals surface area (Å²) in [6.07, 6.45) is 3.29. The summed E-state index contributed by atoms with van der Waals surface area (Å²) in [6, 6.07) is 7.57. The number of nitrogens with one attached hydrogen (secondary N) is 1. The number of hydrogen-bond donors (Lipinski definition) is 1. The smallest absolute Gasteiger partial charge is 0.227 e. The minimum Gasteiger partial charge on any atom is -0.494 e. The van der Waals surface area contributed by atoms with Gasteiger partial charge in [-0.15, -0.1) is 5.10 Å². The lowest BCUT2D eigenvalue weighted by Crippen LogP contribution is -2.36. The van der Waals surface area contributed by atoms with Crippen LogP contribution in [0.15, 0.2) is 40.7 Å². The van der Waals surface area contributed by atoms with Crippen LogP contribution in [-0.2, 0) is 4.79 Å². The molecule has 0 amide bonds. The third-order valence-electron chi connectivity index (χ3n) is 5.01. The normalized spacial score (nSPS) is 20.7. The van der Waals surface area contributed by atoms with Crippen molar-refractivity contribution in [2.75, 3.05) is 18.2 Å². The van der Waals surface area contributed by atoms with Crippen molar-refractivity contribution in [3.05, 3.63) is 41.1 Å². The van der Waals surface area contributed by atoms with Crippen LogP contribution >= 0.6 is 11.8 Å². The number of ketones is 1. The molecule has 0 radical (unpaired) electrons. The van der Waals surface area contributed by atoms with Gasteiger partial charge >= 0.3 is 0 Å². The number of para-hydroxylation sites is 1. The van der Waals surface area contributed by atoms with Gasteiger partial charge in [0.2, 0.25) is 11.1 Å². The molecule has 2 aromatic rings. The number of nitrogens with zero attached hydrogens (tertiary/aromatic N) is 3. The Morgan fingerprint density at radius 3 is 2.85 bits per heavy atom. The number of benzene rings is 1. The summed E-state index contributed by atoms with van der Waals surface area (Å²) in [6.45, 7) is 6.79. The van der Waals surface area contributed by atoms with Crippen LogP contribution in [0.2, 0.25) is 0 Å². The molecule has 1 atom stereocenters. The highest BCUT2D eigenvalue weighted by Gasteiger charge is 2.42. The van der Waals surface area contributed by atoms with Crippen LogP contribution in [0.5, 0.6) is 5.75 Å². The van der Waals surface area contributed by atoms with E-state index < -0.39 is 0 Å². The molecule has 1 unspecified atom stereocenters. The molecule has 1 aliphatic heterocycles. The Bertz CT molecular complexity index is 932. The minimum absolute atomic E-state index is 0.0720. The average molecular weight is 385 g/mol. The van der Waals surface area contributed by atoms with Crippen molar-refractivity contribution in [2.45, 2.75) is 44.8 Å². The molecule has 0 spiro atoms. The van der Waals surface area contributed by atoms with E-state index in [-0.39, 0.29) is 17.2 Å². The Hall–Kier alpha value is -2.28. The highest BCUT2D eigenvalue weighted by Crippen LogP contribution is 2.47. The zero-order chi connectivity index (χ0) is 19.2. The SMILES string of the molecule is CCOc1ccccc1C1C2=C(CC(C)(C)CC2=O)Nc2nc(SC)nn21. The van der Waals surface area contributed by atoms with E-state index in [0.717, 1.165) is 29.0 Å². The minimum atomic E-state index is -0.323. The molecule has 6 nitrogen and oxygen atoms in total. The molecular weight excluding hydrogens is 360 g/mol. The van der Waals surface area contributed by atoms with Crippen molar-refractivity contribution in [3.63, 3.8) is 0 Å². The van der Waals surface area contributed by atoms with Crippen LogP contribution in [0, 0.1) is 5.41 Å². The number of carbonyl (C=O) groups is 1. The third-order valence-corrected chi connectivity index (χ3v) is 5.55. The number of allylic oxidation sites excluding steroid dienone is 2. The number of aromatic nitrogens is 3. The first-order chi connectivity index (χ1) is 12.9. The second-order valence-corrected chi connectivity index (χ2v) is 8.47. The summed E-state index contributed by atoms with van der Waals surface area (Å²) in [5.41, 5.74) is 2.61. The Kier molecular flexibility index (Phi) is 4.50. The highest BCUT2D eigenvalue weighted by atomic mass is 32.2. The quantitative estimate of drug-likeness (QED) is 0.802. The van der Waals surface area contributed by atoms with Crippen molar-refractivity contribution in [2.24, 2.45) is 5.41 Å². The number of Topliss-reactive ketones (excluding diaryl/α,β-unsaturated/α-hetero) is 1. The predicted octanol–water partition coefficient (Wildman–Crippen LogP) is 4.06. The maximum Gasteiger partial charge on any atom is 0.227 e. The fourth-order valence-electron chi connectivity index (χ4n) is 3.96. The fraction of sp³-hybridized carbons (Fsp3) is 0.450. The van der Waals surface area contributed by atoms with Gasteiger partial charge in [-0.05, 0) is 31.1 Å². The van der Waals surface area contributed by atoms with Gasteiger partial charge in [0.05, 0.1) is 6.61 Å². The first-order valence-electron chi connectivity index (χ1n) is 9.19. The fourth-order valence-corrected chi connectivity index (χ4v) is 4.30. The average Bonchev–Trinajstić information content (AvgIpc) is 3.02. The predicted molar refractivity (Wildman–Crippen MR) is 106 cm³/mol. The molecule has 1 aliphatic carbocycles. The molecule has 0 saturated heterocycles. The molecule has 0 saturated carbocycles. The number of ether oxygens (including phenoxy) is 1. The maximum absolute atomic E-state index is 13.2. The van der Waals surface area contributed by atoms with Crippen LogP contribution in [0.25, 0.3) is 0 Å². The monoisotopic (exact) mass is 384 g/mol. The summed E-state index contributed by atoms with van der Waals surface area (Å²) in [4.78, 5) is 17.8. The molecule has 0 fully saturated rings. The first-order valence-corrected chi connectivity index (χ1v) is 10.4. The second-order valence-electron chi connectivity index (χ2n) is 7.70. The van der Waals surface area contributed by atoms with Gasteiger partial charge in [-0.25, -0.2) is 4.68 Å². The number of rotatable bonds is 4. The molecule has 142 valence electrons. The third kappa shape index (κ3) is 3.14. The van der Waals surface area contributed by atoms with Crippen molar-refractivity contribution in [3.8, 4) is 5.75 Å². The standard InChI is InChI=1S/C20H24N4O2S/c1-5-26-15-9-7-6-8-12(15)17-16-13(10-20(2,3)11-14(16)25)21-18-22-19(27-4)23-24(17)18/h6-9,17H,5,10-11H2,1-4H3,(H,21,22,23). The number of fused-ring (bicyclic) bond motifs is 1. The van der Waals surface area contributed by atoms with E-state index in [9.17, 15) is 4.79 Å². The Labute approximate surface area is 163 Å². The summed E-state index contributed by atoms with van der Waals surface area (Å²) in [7, 11) is 0. The van der Waals surface area contributed by atoms with Gasteiger partial charge in [0.1, 0.15) is 11.8 Å². The van der Waals surface area contributed by atoms with E-state index in [2.05, 4.69) is 29.2 Å². The zero-order valence-corrected chi connectivity index (χ0v) is 16.9. The summed E-state index contributed by atoms with van der Waals surface area (Å²) < 4.78 is 7.71. The lowest BCUT2D eigenvalue weighted by atomic mass is 9.73. The number of hydrogen-bond acceptors (Lipinski definition) is 6. The molecule has 7 heteroatoms. The molecule has 0 bridgehead atoms. The summed E-state index contributed by atoms with van der Waals surface area (Å²) in [5, 5.41) is 8.72. The Morgan fingerprint density at radius 2 is 2.11 bits per heavy atom. The van der Waals surface area contributed by atoms with E-state index in [4.69, 9.17) is 4.74 Å². The number of anilines is 1. The molecule has 2 aliphatic rings. The zero-order valence-electron chi connectivity index (χ0n) is 16.1. The summed E-state index contributed by atoms with van der Waals surface area (Å²) in [5.74, 6) is 1.63. The first kappa shape index (κ1) is 18.1. The van der Waals surface area contributed by atoms with Gasteiger partial charge < -0.3 is 10.1 Å². The van der Waals surface area contributed by atoms with E-state index in [0.29, 0.717) is 24.1 Å². The van der Waals surface area contributed by atoms with Crippen LogP contribution < -0.4 is 10.1 Å². The van der Waals surface area contributed by atoms with Crippen molar-refractivity contribution in [1.82, 2.24) is 14.8 Å². The van der Waals surface area contributed by atoms with Crippen molar-refractivity contribution < 1.29 is 9.53 Å². The molecule has 1 aromatic carbocycles. The molecule has 1 aromatic heterocycles. The van der Waals surface area contributed by atoms with Crippen LogP contribution in [0.1, 0.15) is 45.2 Å². The van der Waals surface area contributed by atoms with Crippen LogP contribution in [0.4, 0.5) is 5.95 Å². The lowest BCUT2D eigenvalue weighted by molar-refractivity contribution is -0.118. The molecule has 4 rings (SSSR count). The largest absolute Gasteiger partial charge is 0.494 e. The van der Waals surface area contributed by atoms with Gasteiger partial charge in [0, 0.05) is 23.3 Å². The molecule has 1 N–H and O–H groups in total. The molecular formula is C20H24N4O2S. The Balaban J connectivity index is 1.92. The lowest BCUT2D eigenvalue weighted by Gasteiger charge is -2.38. The van der Waals surface area contributed by atoms with Crippen LogP contribution in [0.3, 0.4) is 0 Å². The van der Waals surface area contributed by atoms with E-state index in [1.807, 2.05) is 42.1 Å². The van der Waals surface area contributed by atoms with Crippen molar-refractivity contribution in [1.29, 1.82) is 0 Å². The Morgan fingerprint density at radius 1 is 1.33 bits per heavy atom. The van der Waals surface area contributed by atoms with E-state index in [1.54, 1.807) is 0 Å². The summed E-state index contributed by atoms with van der Waals surface area (Å²) >= 11 is 1.49. The molecule has 2 heterocycles. The van der Waals surface area contributed by atoms with Gasteiger partial charge in [-0.1, -0.05) is 43.8 Å². The molecule has 27 heavy (non-hydrogen) atoms. The van der Waals surface area contributed by atoms with Crippen LogP contribution in [-0.4, -0.2) is 33.4 Å². The van der Waals surface area contributed by atoms with Gasteiger partial charge in [-0.3, -0.25) is 4.79 Å².